The van der Waals surface area contributed by atoms with Crippen LogP contribution < -0.4 is 4.74 Å². The number of para-hydroxylation sites is 1. The lowest BCUT2D eigenvalue weighted by molar-refractivity contribution is 0.304. The van der Waals surface area contributed by atoms with E-state index < -0.39 is 5.56 Å². The second-order valence-corrected chi connectivity index (χ2v) is 2.92. The highest BCUT2D eigenvalue weighted by atomic mass is 35.5. The third-order valence-electron chi connectivity index (χ3n) is 1.65. The van der Waals surface area contributed by atoms with E-state index in [9.17, 15) is 4.39 Å². The molecule has 0 spiro atoms. The van der Waals surface area contributed by atoms with Gasteiger partial charge in [0, 0.05) is 5.56 Å². The maximum Gasteiger partial charge on any atom is 0.191 e. The van der Waals surface area contributed by atoms with Crippen molar-refractivity contribution in [2.75, 3.05) is 0 Å². The van der Waals surface area contributed by atoms with Gasteiger partial charge in [-0.2, -0.15) is 0 Å². The predicted octanol–water partition coefficient (Wildman–Crippen LogP) is 2.80. The first-order valence-electron chi connectivity index (χ1n) is 3.55. The molecule has 0 N–H and O–H groups in total. The van der Waals surface area contributed by atoms with Crippen molar-refractivity contribution in [3.63, 3.8) is 0 Å². The summed E-state index contributed by atoms with van der Waals surface area (Å²) in [6, 6.07) is 4.76. The molecule has 0 aromatic heterocycles. The van der Waals surface area contributed by atoms with Crippen LogP contribution in [-0.4, -0.2) is 5.56 Å². The van der Waals surface area contributed by atoms with Crippen LogP contribution in [0, 0.1) is 5.82 Å². The van der Waals surface area contributed by atoms with Crippen LogP contribution >= 0.6 is 11.6 Å². The third-order valence-corrected chi connectivity index (χ3v) is 1.89. The molecule has 0 fully saturated rings. The Kier molecular flexibility index (Phi) is 1.77. The first kappa shape index (κ1) is 7.62. The Bertz CT molecular complexity index is 335. The van der Waals surface area contributed by atoms with Gasteiger partial charge in [-0.25, -0.2) is 4.39 Å². The number of rotatable bonds is 0. The first-order valence-corrected chi connectivity index (χ1v) is 3.98. The zero-order valence-corrected chi connectivity index (χ0v) is 6.88. The van der Waals surface area contributed by atoms with Crippen molar-refractivity contribution in [1.82, 2.24) is 0 Å². The van der Waals surface area contributed by atoms with Gasteiger partial charge in [0.15, 0.2) is 17.1 Å². The maximum absolute atomic E-state index is 13.0. The van der Waals surface area contributed by atoms with Crippen LogP contribution in [0.2, 0.25) is 0 Å². The van der Waals surface area contributed by atoms with Crippen LogP contribution in [-0.2, 0) is 0 Å². The van der Waals surface area contributed by atoms with Crippen LogP contribution in [0.4, 0.5) is 4.39 Å². The van der Waals surface area contributed by atoms with Gasteiger partial charge >= 0.3 is 0 Å². The van der Waals surface area contributed by atoms with Crippen molar-refractivity contribution in [2.45, 2.75) is 5.56 Å². The molecular weight excluding hydrogens is 179 g/mol. The summed E-state index contributed by atoms with van der Waals surface area (Å²) in [5.74, 6) is -0.137. The quantitative estimate of drug-likeness (QED) is 0.564. The molecule has 0 bridgehead atoms. The van der Waals surface area contributed by atoms with E-state index in [0.29, 0.717) is 0 Å². The molecule has 1 heterocycles. The fourth-order valence-electron chi connectivity index (χ4n) is 1.11. The largest absolute Gasteiger partial charge is 0.467 e. The lowest BCUT2D eigenvalue weighted by Crippen LogP contribution is -2.10. The highest BCUT2D eigenvalue weighted by molar-refractivity contribution is 6.21. The number of ether oxygens (including phenoxy) is 1. The van der Waals surface area contributed by atoms with Gasteiger partial charge in [0.2, 0.25) is 0 Å². The van der Waals surface area contributed by atoms with E-state index in [2.05, 4.69) is 0 Å². The molecule has 1 aromatic carbocycles. The Hall–Kier alpha value is -1.02. The molecule has 2 rings (SSSR count). The zero-order valence-electron chi connectivity index (χ0n) is 6.13. The van der Waals surface area contributed by atoms with Gasteiger partial charge < -0.3 is 4.74 Å². The molecule has 1 aliphatic rings. The molecule has 0 saturated carbocycles. The summed E-state index contributed by atoms with van der Waals surface area (Å²) in [7, 11) is 0. The summed E-state index contributed by atoms with van der Waals surface area (Å²) in [6.07, 6.45) is 3.42. The second-order valence-electron chi connectivity index (χ2n) is 2.49. The standard InChI is InChI=1S/C9H6ClFO/c10-8-5-4-6-2-1-3-7(11)9(6)12-8/h1-5,8H. The summed E-state index contributed by atoms with van der Waals surface area (Å²) in [4.78, 5) is 0. The van der Waals surface area contributed by atoms with E-state index in [1.165, 1.54) is 6.07 Å². The minimum Gasteiger partial charge on any atom is -0.467 e. The molecule has 1 atom stereocenters. The molecule has 0 radical (unpaired) electrons. The van der Waals surface area contributed by atoms with Crippen LogP contribution in [0.3, 0.4) is 0 Å². The van der Waals surface area contributed by atoms with Crippen molar-refractivity contribution in [2.24, 2.45) is 0 Å². The van der Waals surface area contributed by atoms with Crippen LogP contribution in [0.5, 0.6) is 5.75 Å². The van der Waals surface area contributed by atoms with Gasteiger partial charge in [-0.15, -0.1) is 0 Å². The van der Waals surface area contributed by atoms with Crippen molar-refractivity contribution in [1.29, 1.82) is 0 Å². The predicted molar refractivity (Wildman–Crippen MR) is 45.7 cm³/mol. The monoisotopic (exact) mass is 184 g/mol. The van der Waals surface area contributed by atoms with Gasteiger partial charge in [0.1, 0.15) is 0 Å². The molecule has 1 aromatic rings. The van der Waals surface area contributed by atoms with Gasteiger partial charge in [0.05, 0.1) is 0 Å². The van der Waals surface area contributed by atoms with Gasteiger partial charge in [-0.1, -0.05) is 29.8 Å². The van der Waals surface area contributed by atoms with E-state index >= 15 is 0 Å². The Morgan fingerprint density at radius 1 is 1.42 bits per heavy atom. The van der Waals surface area contributed by atoms with E-state index in [0.717, 1.165) is 5.56 Å². The second kappa shape index (κ2) is 2.79. The summed E-state index contributed by atoms with van der Waals surface area (Å²) < 4.78 is 18.1. The van der Waals surface area contributed by atoms with E-state index in [1.54, 1.807) is 24.3 Å². The fourth-order valence-corrected chi connectivity index (χ4v) is 1.27. The number of alkyl halides is 1. The lowest BCUT2D eigenvalue weighted by atomic mass is 10.1. The molecule has 0 saturated heterocycles. The topological polar surface area (TPSA) is 9.23 Å². The lowest BCUT2D eigenvalue weighted by Gasteiger charge is -2.16. The number of fused-ring (bicyclic) bond motifs is 1. The van der Waals surface area contributed by atoms with Crippen LogP contribution in [0.25, 0.3) is 6.08 Å². The number of benzene rings is 1. The van der Waals surface area contributed by atoms with Gasteiger partial charge in [-0.3, -0.25) is 0 Å². The highest BCUT2D eigenvalue weighted by Gasteiger charge is 2.15. The minimum absolute atomic E-state index is 0.236. The number of hydrogen-bond acceptors (Lipinski definition) is 1. The fraction of sp³-hybridized carbons (Fsp3) is 0.111. The molecule has 1 unspecified atom stereocenters. The van der Waals surface area contributed by atoms with Crippen molar-refractivity contribution >= 4 is 17.7 Å². The Labute approximate surface area is 74.4 Å². The summed E-state index contributed by atoms with van der Waals surface area (Å²) in [5.41, 5.74) is 0.168. The first-order chi connectivity index (χ1) is 5.77. The molecule has 0 aliphatic carbocycles. The van der Waals surface area contributed by atoms with Crippen molar-refractivity contribution < 1.29 is 9.13 Å². The molecule has 3 heteroatoms. The highest BCUT2D eigenvalue weighted by Crippen LogP contribution is 2.29. The smallest absolute Gasteiger partial charge is 0.191 e. The van der Waals surface area contributed by atoms with Crippen molar-refractivity contribution in [3.8, 4) is 5.75 Å². The Morgan fingerprint density at radius 3 is 3.08 bits per heavy atom. The molecule has 12 heavy (non-hydrogen) atoms. The van der Waals surface area contributed by atoms with Crippen LogP contribution in [0.15, 0.2) is 24.3 Å². The minimum atomic E-state index is -0.561. The van der Waals surface area contributed by atoms with Crippen molar-refractivity contribution in [3.05, 3.63) is 35.7 Å². The molecular formula is C9H6ClFO. The Morgan fingerprint density at radius 2 is 2.25 bits per heavy atom. The Balaban J connectivity index is 2.53. The number of hydrogen-bond donors (Lipinski definition) is 0. The molecule has 1 aliphatic heterocycles. The van der Waals surface area contributed by atoms with Gasteiger partial charge in [0.25, 0.3) is 0 Å². The van der Waals surface area contributed by atoms with Crippen LogP contribution in [0.1, 0.15) is 5.56 Å². The third kappa shape index (κ3) is 1.18. The SMILES string of the molecule is Fc1cccc2c1OC(Cl)C=C2. The molecule has 0 amide bonds. The number of halogens is 2. The maximum atomic E-state index is 13.0. The summed E-state index contributed by atoms with van der Waals surface area (Å²) in [5, 5.41) is 0. The van der Waals surface area contributed by atoms with E-state index in [1.807, 2.05) is 0 Å². The van der Waals surface area contributed by atoms with Gasteiger partial charge in [-0.05, 0) is 12.1 Å². The zero-order chi connectivity index (χ0) is 8.55. The van der Waals surface area contributed by atoms with E-state index in [4.69, 9.17) is 16.3 Å². The van der Waals surface area contributed by atoms with E-state index in [-0.39, 0.29) is 11.6 Å². The average molecular weight is 185 g/mol. The molecule has 1 nitrogen and oxygen atoms in total. The summed E-state index contributed by atoms with van der Waals surface area (Å²) in [6.45, 7) is 0. The molecule has 62 valence electrons. The normalized spacial score (nSPS) is 20.0. The average Bonchev–Trinajstić information content (AvgIpc) is 2.07. The summed E-state index contributed by atoms with van der Waals surface area (Å²) >= 11 is 5.64.